The van der Waals surface area contributed by atoms with Crippen molar-refractivity contribution >= 4 is 17.1 Å². The molecule has 96 valence electrons. The lowest BCUT2D eigenvalue weighted by molar-refractivity contribution is 0.138. The van der Waals surface area contributed by atoms with Crippen molar-refractivity contribution in [2.24, 2.45) is 0 Å². The Kier molecular flexibility index (Phi) is 5.62. The van der Waals surface area contributed by atoms with E-state index in [2.05, 4.69) is 0 Å². The van der Waals surface area contributed by atoms with Crippen LogP contribution in [0.1, 0.15) is 27.7 Å². The second kappa shape index (κ2) is 6.27. The molecule has 0 atom stereocenters. The van der Waals surface area contributed by atoms with Gasteiger partial charge in [-0.1, -0.05) is 0 Å². The highest BCUT2D eigenvalue weighted by atomic mass is 28.5. The van der Waals surface area contributed by atoms with Gasteiger partial charge in [0.15, 0.2) is 0 Å². The van der Waals surface area contributed by atoms with Crippen molar-refractivity contribution in [1.82, 2.24) is 0 Å². The van der Waals surface area contributed by atoms with E-state index in [1.165, 1.54) is 0 Å². The molecule has 0 aliphatic carbocycles. The summed E-state index contributed by atoms with van der Waals surface area (Å²) in [6.45, 7) is 11.0. The summed E-state index contributed by atoms with van der Waals surface area (Å²) in [4.78, 5) is 0. The van der Waals surface area contributed by atoms with Crippen molar-refractivity contribution in [1.29, 1.82) is 0 Å². The molecule has 0 amide bonds. The van der Waals surface area contributed by atoms with Crippen LogP contribution in [0.2, 0.25) is 11.3 Å². The van der Waals surface area contributed by atoms with Crippen LogP contribution in [0.5, 0.6) is 0 Å². The van der Waals surface area contributed by atoms with E-state index in [9.17, 15) is 0 Å². The van der Waals surface area contributed by atoms with Crippen LogP contribution < -0.4 is 0 Å². The van der Waals surface area contributed by atoms with Gasteiger partial charge in [0.05, 0.1) is 0 Å². The fourth-order valence-corrected chi connectivity index (χ4v) is 14.0. The zero-order valence-corrected chi connectivity index (χ0v) is 12.9. The van der Waals surface area contributed by atoms with Gasteiger partial charge in [-0.3, -0.25) is 0 Å². The highest BCUT2D eigenvalue weighted by molar-refractivity contribution is 7.03. The predicted octanol–water partition coefficient (Wildman–Crippen LogP) is 2.11. The molecule has 0 aromatic carbocycles. The third-order valence-corrected chi connectivity index (χ3v) is 14.6. The molecule has 0 spiro atoms. The number of hydrogen-bond donors (Lipinski definition) is 0. The molecule has 1 saturated heterocycles. The third-order valence-electron chi connectivity index (χ3n) is 2.71. The summed E-state index contributed by atoms with van der Waals surface area (Å²) < 4.78 is 23.4. The molecular formula is C10H24O4Si2. The summed E-state index contributed by atoms with van der Waals surface area (Å²) >= 11 is 0. The van der Waals surface area contributed by atoms with E-state index < -0.39 is 17.1 Å². The SMILES string of the molecule is CCO[Si]1(OCC)C[Si](OCC)(OCC)C1. The molecule has 1 aliphatic rings. The first-order valence-corrected chi connectivity index (χ1v) is 10.7. The monoisotopic (exact) mass is 264 g/mol. The summed E-state index contributed by atoms with van der Waals surface area (Å²) in [6, 6.07) is 0. The molecule has 0 bridgehead atoms. The lowest BCUT2D eigenvalue weighted by Crippen LogP contribution is -2.69. The van der Waals surface area contributed by atoms with Gasteiger partial charge in [-0.05, 0) is 27.7 Å². The van der Waals surface area contributed by atoms with Crippen molar-refractivity contribution in [3.8, 4) is 0 Å². The van der Waals surface area contributed by atoms with E-state index in [-0.39, 0.29) is 0 Å². The number of hydrogen-bond acceptors (Lipinski definition) is 4. The van der Waals surface area contributed by atoms with E-state index in [0.717, 1.165) is 37.8 Å². The lowest BCUT2D eigenvalue weighted by atomic mass is 10.9. The molecule has 0 aromatic rings. The van der Waals surface area contributed by atoms with Gasteiger partial charge in [0.25, 0.3) is 0 Å². The van der Waals surface area contributed by atoms with E-state index in [1.54, 1.807) is 0 Å². The maximum Gasteiger partial charge on any atom is 0.341 e. The second-order valence-corrected chi connectivity index (χ2v) is 11.5. The van der Waals surface area contributed by atoms with Gasteiger partial charge < -0.3 is 17.7 Å². The first-order chi connectivity index (χ1) is 7.66. The average Bonchev–Trinajstić information content (AvgIpc) is 2.17. The van der Waals surface area contributed by atoms with Gasteiger partial charge in [0, 0.05) is 37.8 Å². The fraction of sp³-hybridized carbons (Fsp3) is 1.00. The van der Waals surface area contributed by atoms with Gasteiger partial charge in [0.1, 0.15) is 0 Å². The molecule has 1 fully saturated rings. The van der Waals surface area contributed by atoms with Crippen molar-refractivity contribution in [2.45, 2.75) is 39.0 Å². The summed E-state index contributed by atoms with van der Waals surface area (Å²) in [6.07, 6.45) is 0. The van der Waals surface area contributed by atoms with Gasteiger partial charge in [-0.2, -0.15) is 0 Å². The normalized spacial score (nSPS) is 21.8. The maximum absolute atomic E-state index is 5.85. The van der Waals surface area contributed by atoms with Gasteiger partial charge >= 0.3 is 17.1 Å². The Balaban J connectivity index is 2.56. The largest absolute Gasteiger partial charge is 0.395 e. The van der Waals surface area contributed by atoms with Crippen LogP contribution >= 0.6 is 0 Å². The standard InChI is InChI=1S/C10H24O4Si2/c1-5-11-15(12-6-2)9-16(10-15,13-7-3)14-8-4/h5-10H2,1-4H3. The minimum absolute atomic E-state index is 0.731. The zero-order chi connectivity index (χ0) is 12.1. The molecule has 0 N–H and O–H groups in total. The van der Waals surface area contributed by atoms with E-state index >= 15 is 0 Å². The first-order valence-electron chi connectivity index (χ1n) is 6.21. The van der Waals surface area contributed by atoms with Crippen LogP contribution in [-0.2, 0) is 17.7 Å². The summed E-state index contributed by atoms with van der Waals surface area (Å²) in [5.74, 6) is 0. The summed E-state index contributed by atoms with van der Waals surface area (Å²) in [5, 5.41) is 0. The van der Waals surface area contributed by atoms with Crippen LogP contribution in [0, 0.1) is 0 Å². The molecule has 0 unspecified atom stereocenters. The third kappa shape index (κ3) is 3.15. The second-order valence-electron chi connectivity index (χ2n) is 3.91. The van der Waals surface area contributed by atoms with Crippen LogP contribution in [0.15, 0.2) is 0 Å². The molecule has 1 heterocycles. The molecule has 1 aliphatic heterocycles. The van der Waals surface area contributed by atoms with Crippen LogP contribution in [0.4, 0.5) is 0 Å². The Morgan fingerprint density at radius 3 is 1.06 bits per heavy atom. The minimum atomic E-state index is -1.94. The zero-order valence-electron chi connectivity index (χ0n) is 10.9. The smallest absolute Gasteiger partial charge is 0.341 e. The topological polar surface area (TPSA) is 36.9 Å². The van der Waals surface area contributed by atoms with Crippen molar-refractivity contribution in [3.05, 3.63) is 0 Å². The quantitative estimate of drug-likeness (QED) is 0.629. The van der Waals surface area contributed by atoms with E-state index in [1.807, 2.05) is 27.7 Å². The lowest BCUT2D eigenvalue weighted by Gasteiger charge is -2.48. The Hall–Kier alpha value is 0.274. The van der Waals surface area contributed by atoms with Crippen molar-refractivity contribution in [3.63, 3.8) is 0 Å². The van der Waals surface area contributed by atoms with Crippen LogP contribution in [-0.4, -0.2) is 43.5 Å². The highest BCUT2D eigenvalue weighted by Gasteiger charge is 2.65. The van der Waals surface area contributed by atoms with Gasteiger partial charge in [-0.25, -0.2) is 0 Å². The minimum Gasteiger partial charge on any atom is -0.395 e. The summed E-state index contributed by atoms with van der Waals surface area (Å²) in [5.41, 5.74) is 1.87. The van der Waals surface area contributed by atoms with Crippen LogP contribution in [0.25, 0.3) is 0 Å². The molecule has 16 heavy (non-hydrogen) atoms. The van der Waals surface area contributed by atoms with E-state index in [4.69, 9.17) is 17.7 Å². The molecular weight excluding hydrogens is 240 g/mol. The Bertz CT molecular complexity index is 171. The predicted molar refractivity (Wildman–Crippen MR) is 67.6 cm³/mol. The Labute approximate surface area is 101 Å². The average molecular weight is 264 g/mol. The Morgan fingerprint density at radius 1 is 0.625 bits per heavy atom. The molecule has 6 heteroatoms. The van der Waals surface area contributed by atoms with Crippen LogP contribution in [0.3, 0.4) is 0 Å². The molecule has 0 saturated carbocycles. The molecule has 0 radical (unpaired) electrons. The number of rotatable bonds is 8. The van der Waals surface area contributed by atoms with Gasteiger partial charge in [-0.15, -0.1) is 0 Å². The first kappa shape index (κ1) is 14.3. The van der Waals surface area contributed by atoms with Gasteiger partial charge in [0.2, 0.25) is 0 Å². The fourth-order valence-electron chi connectivity index (χ4n) is 2.31. The maximum atomic E-state index is 5.85. The van der Waals surface area contributed by atoms with Crippen molar-refractivity contribution < 1.29 is 17.7 Å². The summed E-state index contributed by atoms with van der Waals surface area (Å²) in [7, 11) is -3.88. The molecule has 1 rings (SSSR count). The Morgan fingerprint density at radius 2 is 0.875 bits per heavy atom. The highest BCUT2D eigenvalue weighted by Crippen LogP contribution is 2.43. The van der Waals surface area contributed by atoms with E-state index in [0.29, 0.717) is 0 Å². The molecule has 4 nitrogen and oxygen atoms in total. The molecule has 0 aromatic heterocycles. The van der Waals surface area contributed by atoms with Crippen molar-refractivity contribution in [2.75, 3.05) is 26.4 Å².